The Balaban J connectivity index is 2.21. The van der Waals surface area contributed by atoms with Crippen LogP contribution < -0.4 is 5.32 Å². The molecule has 0 atom stereocenters. The predicted molar refractivity (Wildman–Crippen MR) is 85.7 cm³/mol. The van der Waals surface area contributed by atoms with Crippen molar-refractivity contribution in [3.05, 3.63) is 55.7 Å². The molecule has 20 heavy (non-hydrogen) atoms. The average Bonchev–Trinajstić information content (AvgIpc) is 2.84. The van der Waals surface area contributed by atoms with Crippen molar-refractivity contribution in [2.24, 2.45) is 0 Å². The van der Waals surface area contributed by atoms with Gasteiger partial charge in [0.15, 0.2) is 0 Å². The first kappa shape index (κ1) is 14.8. The van der Waals surface area contributed by atoms with Gasteiger partial charge in [0.05, 0.1) is 10.0 Å². The van der Waals surface area contributed by atoms with Crippen LogP contribution in [-0.4, -0.2) is 5.91 Å². The van der Waals surface area contributed by atoms with Gasteiger partial charge in [0.25, 0.3) is 5.91 Å². The molecule has 1 N–H and O–H groups in total. The Hall–Kier alpha value is -1.61. The maximum Gasteiger partial charge on any atom is 0.266 e. The third-order valence-corrected chi connectivity index (χ3v) is 4.24. The van der Waals surface area contributed by atoms with E-state index in [1.54, 1.807) is 24.3 Å². The quantitative estimate of drug-likeness (QED) is 0.631. The highest BCUT2D eigenvalue weighted by atomic mass is 79.9. The van der Waals surface area contributed by atoms with E-state index in [4.69, 9.17) is 16.9 Å². The van der Waals surface area contributed by atoms with Crippen LogP contribution in [-0.2, 0) is 4.79 Å². The van der Waals surface area contributed by atoms with E-state index in [9.17, 15) is 4.79 Å². The van der Waals surface area contributed by atoms with Crippen LogP contribution in [0.1, 0.15) is 4.88 Å². The minimum Gasteiger partial charge on any atom is -0.320 e. The van der Waals surface area contributed by atoms with Gasteiger partial charge in [-0.2, -0.15) is 5.26 Å². The molecule has 0 saturated heterocycles. The molecule has 1 heterocycles. The van der Waals surface area contributed by atoms with Crippen molar-refractivity contribution in [3.63, 3.8) is 0 Å². The molecule has 0 radical (unpaired) electrons. The number of thiophene rings is 1. The van der Waals surface area contributed by atoms with Crippen molar-refractivity contribution in [2.45, 2.75) is 0 Å². The lowest BCUT2D eigenvalue weighted by Gasteiger charge is -2.05. The molecular formula is C14H8BrClN2OS. The lowest BCUT2D eigenvalue weighted by atomic mass is 10.2. The number of carbonyl (C=O) groups excluding carboxylic acids is 1. The topological polar surface area (TPSA) is 52.9 Å². The number of nitriles is 1. The van der Waals surface area contributed by atoms with Gasteiger partial charge in [-0.15, -0.1) is 11.3 Å². The number of anilines is 1. The van der Waals surface area contributed by atoms with E-state index in [0.29, 0.717) is 10.0 Å². The summed E-state index contributed by atoms with van der Waals surface area (Å²) < 4.78 is 1.37. The fourth-order valence-corrected chi connectivity index (χ4v) is 2.84. The lowest BCUT2D eigenvalue weighted by molar-refractivity contribution is -0.112. The van der Waals surface area contributed by atoms with Gasteiger partial charge in [-0.1, -0.05) is 23.7 Å². The number of nitrogens with zero attached hydrogens (tertiary/aromatic N) is 1. The summed E-state index contributed by atoms with van der Waals surface area (Å²) in [6, 6.07) is 12.6. The van der Waals surface area contributed by atoms with E-state index in [1.165, 1.54) is 17.4 Å². The largest absolute Gasteiger partial charge is 0.320 e. The average molecular weight is 368 g/mol. The van der Waals surface area contributed by atoms with Crippen molar-refractivity contribution in [1.29, 1.82) is 5.26 Å². The molecule has 100 valence electrons. The van der Waals surface area contributed by atoms with Gasteiger partial charge in [-0.3, -0.25) is 4.79 Å². The summed E-state index contributed by atoms with van der Waals surface area (Å²) in [5.74, 6) is -0.455. The van der Waals surface area contributed by atoms with Crippen molar-refractivity contribution < 1.29 is 4.79 Å². The lowest BCUT2D eigenvalue weighted by Crippen LogP contribution is -2.13. The summed E-state index contributed by atoms with van der Waals surface area (Å²) in [4.78, 5) is 12.8. The Morgan fingerprint density at radius 3 is 2.70 bits per heavy atom. The van der Waals surface area contributed by atoms with Crippen molar-refractivity contribution in [1.82, 2.24) is 0 Å². The molecule has 0 saturated carbocycles. The second-order valence-corrected chi connectivity index (χ2v) is 6.35. The molecule has 0 aliphatic heterocycles. The Bertz CT molecular complexity index is 718. The van der Waals surface area contributed by atoms with Crippen LogP contribution in [0.4, 0.5) is 5.69 Å². The molecular weight excluding hydrogens is 360 g/mol. The van der Waals surface area contributed by atoms with Gasteiger partial charge in [-0.05, 0) is 46.3 Å². The molecule has 2 rings (SSSR count). The molecule has 1 aromatic carbocycles. The monoisotopic (exact) mass is 366 g/mol. The van der Waals surface area contributed by atoms with E-state index in [1.807, 2.05) is 18.2 Å². The molecule has 1 aromatic heterocycles. The predicted octanol–water partition coefficient (Wildman–Crippen LogP) is 4.71. The van der Waals surface area contributed by atoms with E-state index < -0.39 is 5.91 Å². The molecule has 0 aliphatic rings. The number of para-hydroxylation sites is 1. The number of nitrogens with one attached hydrogen (secondary N) is 1. The fourth-order valence-electron chi connectivity index (χ4n) is 1.45. The molecule has 0 spiro atoms. The number of carbonyl (C=O) groups is 1. The van der Waals surface area contributed by atoms with E-state index >= 15 is 0 Å². The number of halogens is 2. The number of benzene rings is 1. The van der Waals surface area contributed by atoms with Gasteiger partial charge in [0, 0.05) is 9.35 Å². The van der Waals surface area contributed by atoms with Crippen LogP contribution in [0.2, 0.25) is 4.34 Å². The molecule has 0 bridgehead atoms. The van der Waals surface area contributed by atoms with E-state index in [0.717, 1.165) is 9.35 Å². The molecule has 1 amide bonds. The molecule has 3 nitrogen and oxygen atoms in total. The van der Waals surface area contributed by atoms with Gasteiger partial charge in [-0.25, -0.2) is 0 Å². The van der Waals surface area contributed by atoms with Gasteiger partial charge >= 0.3 is 0 Å². The minimum atomic E-state index is -0.455. The van der Waals surface area contributed by atoms with Crippen LogP contribution >= 0.6 is 38.9 Å². The zero-order chi connectivity index (χ0) is 14.5. The standard InChI is InChI=1S/C14H8BrClN2OS/c15-11-3-1-2-4-12(11)18-14(19)9(8-17)7-10-5-6-13(16)20-10/h1-7H,(H,18,19)/b9-7-. The second kappa shape index (κ2) is 6.71. The van der Waals surface area contributed by atoms with Crippen LogP contribution in [0.5, 0.6) is 0 Å². The van der Waals surface area contributed by atoms with Crippen LogP contribution in [0.3, 0.4) is 0 Å². The van der Waals surface area contributed by atoms with Gasteiger partial charge in [0.2, 0.25) is 0 Å². The Morgan fingerprint density at radius 2 is 2.10 bits per heavy atom. The maximum absolute atomic E-state index is 12.1. The minimum absolute atomic E-state index is 0.0271. The second-order valence-electron chi connectivity index (χ2n) is 3.75. The summed E-state index contributed by atoms with van der Waals surface area (Å²) in [5, 5.41) is 11.8. The highest BCUT2D eigenvalue weighted by Gasteiger charge is 2.11. The van der Waals surface area contributed by atoms with Gasteiger partial charge < -0.3 is 5.32 Å². The molecule has 0 fully saturated rings. The molecule has 0 aliphatic carbocycles. The number of rotatable bonds is 3. The summed E-state index contributed by atoms with van der Waals surface area (Å²) in [7, 11) is 0. The summed E-state index contributed by atoms with van der Waals surface area (Å²) in [6.45, 7) is 0. The highest BCUT2D eigenvalue weighted by molar-refractivity contribution is 9.10. The van der Waals surface area contributed by atoms with E-state index in [2.05, 4.69) is 21.2 Å². The van der Waals surface area contributed by atoms with Crippen LogP contribution in [0, 0.1) is 11.3 Å². The third-order valence-electron chi connectivity index (χ3n) is 2.37. The zero-order valence-corrected chi connectivity index (χ0v) is 13.2. The van der Waals surface area contributed by atoms with Crippen LogP contribution in [0.25, 0.3) is 6.08 Å². The first-order valence-corrected chi connectivity index (χ1v) is 7.52. The Morgan fingerprint density at radius 1 is 1.35 bits per heavy atom. The van der Waals surface area contributed by atoms with Crippen molar-refractivity contribution in [2.75, 3.05) is 5.32 Å². The first-order chi connectivity index (χ1) is 9.60. The molecule has 6 heteroatoms. The Kier molecular flexibility index (Phi) is 4.96. The summed E-state index contributed by atoms with van der Waals surface area (Å²) in [5.41, 5.74) is 0.641. The Labute approximate surface area is 133 Å². The zero-order valence-electron chi connectivity index (χ0n) is 10.1. The molecule has 0 unspecified atom stereocenters. The maximum atomic E-state index is 12.1. The summed E-state index contributed by atoms with van der Waals surface area (Å²) >= 11 is 10.5. The first-order valence-electron chi connectivity index (χ1n) is 5.53. The smallest absolute Gasteiger partial charge is 0.266 e. The number of hydrogen-bond acceptors (Lipinski definition) is 3. The van der Waals surface area contributed by atoms with Gasteiger partial charge in [0.1, 0.15) is 11.6 Å². The van der Waals surface area contributed by atoms with Crippen molar-refractivity contribution >= 4 is 56.5 Å². The van der Waals surface area contributed by atoms with Crippen LogP contribution in [0.15, 0.2) is 46.4 Å². The number of amides is 1. The highest BCUT2D eigenvalue weighted by Crippen LogP contribution is 2.25. The SMILES string of the molecule is N#C/C(=C/c1ccc(Cl)s1)C(=O)Nc1ccccc1Br. The summed E-state index contributed by atoms with van der Waals surface area (Å²) in [6.07, 6.45) is 1.52. The van der Waals surface area contributed by atoms with Crippen molar-refractivity contribution in [3.8, 4) is 6.07 Å². The number of hydrogen-bond donors (Lipinski definition) is 1. The fraction of sp³-hybridized carbons (Fsp3) is 0. The van der Waals surface area contributed by atoms with E-state index in [-0.39, 0.29) is 5.57 Å². The normalized spacial score (nSPS) is 10.9. The third kappa shape index (κ3) is 3.70. The molecule has 2 aromatic rings.